The molecule has 0 saturated carbocycles. The van der Waals surface area contributed by atoms with Crippen LogP contribution in [0, 0.1) is 0 Å². The van der Waals surface area contributed by atoms with Crippen LogP contribution in [-0.2, 0) is 14.6 Å². The molecule has 8 heteroatoms. The largest absolute Gasteiger partial charge is 0.726 e. The van der Waals surface area contributed by atoms with Crippen LogP contribution >= 0.6 is 0 Å². The Labute approximate surface area is 236 Å². The average Bonchev–Trinajstić information content (AvgIpc) is 3.26. The highest BCUT2D eigenvalue weighted by atomic mass is 32.3. The van der Waals surface area contributed by atoms with Gasteiger partial charge in [-0.25, -0.2) is 8.42 Å². The van der Waals surface area contributed by atoms with Crippen molar-refractivity contribution in [1.82, 2.24) is 4.90 Å². The second-order valence-electron chi connectivity index (χ2n) is 10.7. The van der Waals surface area contributed by atoms with Gasteiger partial charge in [0.1, 0.15) is 13.1 Å². The zero-order chi connectivity index (χ0) is 28.3. The highest BCUT2D eigenvalue weighted by molar-refractivity contribution is 7.80. The molecule has 228 valence electrons. The third-order valence-electron chi connectivity index (χ3n) is 7.42. The molecule has 7 nitrogen and oxygen atoms in total. The Bertz CT molecular complexity index is 656. The minimum absolute atomic E-state index is 0.0914. The molecule has 0 fully saturated rings. The third-order valence-corrected chi connectivity index (χ3v) is 7.94. The Morgan fingerprint density at radius 2 is 1.18 bits per heavy atom. The van der Waals surface area contributed by atoms with Crippen LogP contribution in [0.2, 0.25) is 0 Å². The fourth-order valence-electron chi connectivity index (χ4n) is 5.26. The first-order chi connectivity index (χ1) is 18.4. The van der Waals surface area contributed by atoms with Crippen molar-refractivity contribution in [3.05, 3.63) is 0 Å². The molecule has 38 heavy (non-hydrogen) atoms. The summed E-state index contributed by atoms with van der Waals surface area (Å²) in [4.78, 5) is 2.56. The number of likely N-dealkylation sites (N-methyl/N-ethyl adjacent to an activating group) is 1. The van der Waals surface area contributed by atoms with E-state index in [0.717, 1.165) is 19.6 Å². The van der Waals surface area contributed by atoms with E-state index in [1.54, 1.807) is 5.84 Å². The summed E-state index contributed by atoms with van der Waals surface area (Å²) in [5, 5.41) is 0. The van der Waals surface area contributed by atoms with Gasteiger partial charge in [0.15, 0.2) is 0 Å². The molecule has 0 spiro atoms. The van der Waals surface area contributed by atoms with Crippen LogP contribution in [0.5, 0.6) is 0 Å². The van der Waals surface area contributed by atoms with Crippen LogP contribution in [0.4, 0.5) is 0 Å². The maximum Gasteiger partial charge on any atom is 0.247 e. The van der Waals surface area contributed by atoms with Gasteiger partial charge < -0.3 is 10.3 Å². The Hall–Kier alpha value is -0.700. The van der Waals surface area contributed by atoms with Gasteiger partial charge in [0.05, 0.1) is 19.7 Å². The van der Waals surface area contributed by atoms with Crippen LogP contribution in [0.1, 0.15) is 149 Å². The van der Waals surface area contributed by atoms with Crippen LogP contribution < -0.4 is 5.73 Å². The minimum atomic E-state index is -4.42. The standard InChI is InChI=1S/C28H58N3.C2H6O4S/c1-3-5-6-7-8-9-10-11-12-13-14-15-16-17-18-19-20-21-22-23-28-30(4-2)26-27-31(28)25-24-29;1-2-6-7(3,4)5/h3-27,29H2,1-2H3;2H2,1H3,(H,3,4,5)/q+1;/p-1. The zero-order valence-electron chi connectivity index (χ0n) is 25.4. The van der Waals surface area contributed by atoms with Gasteiger partial charge in [-0.15, -0.1) is 0 Å². The lowest BCUT2D eigenvalue weighted by Gasteiger charge is -2.11. The van der Waals surface area contributed by atoms with Gasteiger partial charge >= 0.3 is 0 Å². The van der Waals surface area contributed by atoms with Crippen molar-refractivity contribution in [3.63, 3.8) is 0 Å². The van der Waals surface area contributed by atoms with E-state index in [1.165, 1.54) is 148 Å². The highest BCUT2D eigenvalue weighted by Crippen LogP contribution is 2.15. The Morgan fingerprint density at radius 1 is 0.763 bits per heavy atom. The molecule has 0 unspecified atom stereocenters. The van der Waals surface area contributed by atoms with E-state index in [-0.39, 0.29) is 6.61 Å². The van der Waals surface area contributed by atoms with Crippen LogP contribution in [0.25, 0.3) is 0 Å². The van der Waals surface area contributed by atoms with Crippen molar-refractivity contribution in [1.29, 1.82) is 0 Å². The van der Waals surface area contributed by atoms with E-state index in [4.69, 9.17) is 5.73 Å². The van der Waals surface area contributed by atoms with Gasteiger partial charge in [-0.2, -0.15) is 0 Å². The lowest BCUT2D eigenvalue weighted by Crippen LogP contribution is -2.30. The van der Waals surface area contributed by atoms with Crippen molar-refractivity contribution in [2.75, 3.05) is 39.3 Å². The number of unbranched alkanes of at least 4 members (excludes halogenated alkanes) is 18. The molecule has 0 aliphatic carbocycles. The molecule has 1 aliphatic rings. The van der Waals surface area contributed by atoms with E-state index < -0.39 is 10.4 Å². The SMILES string of the molecule is CCCCCCCCCCCCCCCCCCCCCC1=[N+](CCN)CCN1CC.CCOS(=O)(=O)[O-]. The van der Waals surface area contributed by atoms with Gasteiger partial charge in [-0.1, -0.05) is 122 Å². The predicted molar refractivity (Wildman–Crippen MR) is 161 cm³/mol. The molecular weight excluding hydrogens is 498 g/mol. The number of hydrogen-bond donors (Lipinski definition) is 1. The third kappa shape index (κ3) is 23.2. The van der Waals surface area contributed by atoms with E-state index in [2.05, 4.69) is 27.5 Å². The first kappa shape index (κ1) is 37.3. The van der Waals surface area contributed by atoms with E-state index in [1.807, 2.05) is 0 Å². The Morgan fingerprint density at radius 3 is 1.50 bits per heavy atom. The zero-order valence-corrected chi connectivity index (χ0v) is 26.2. The fraction of sp³-hybridized carbons (Fsp3) is 0.967. The first-order valence-corrected chi connectivity index (χ1v) is 17.4. The lowest BCUT2D eigenvalue weighted by atomic mass is 10.0. The summed E-state index contributed by atoms with van der Waals surface area (Å²) < 4.78 is 34.5. The van der Waals surface area contributed by atoms with E-state index in [0.29, 0.717) is 0 Å². The maximum absolute atomic E-state index is 9.45. The Balaban J connectivity index is 0.00000171. The van der Waals surface area contributed by atoms with Crippen LogP contribution in [-0.4, -0.2) is 67.6 Å². The summed E-state index contributed by atoms with van der Waals surface area (Å²) in [7, 11) is -4.42. The van der Waals surface area contributed by atoms with E-state index >= 15 is 0 Å². The van der Waals surface area contributed by atoms with Crippen molar-refractivity contribution in [3.8, 4) is 0 Å². The summed E-state index contributed by atoms with van der Waals surface area (Å²) in [6.07, 6.45) is 28.8. The monoisotopic (exact) mass is 561 g/mol. The molecule has 1 aliphatic heterocycles. The number of hydrogen-bond acceptors (Lipinski definition) is 6. The molecule has 0 atom stereocenters. The fourth-order valence-corrected chi connectivity index (χ4v) is 5.55. The molecule has 0 aromatic heterocycles. The predicted octanol–water partition coefficient (Wildman–Crippen LogP) is 7.00. The van der Waals surface area contributed by atoms with Gasteiger partial charge in [0.25, 0.3) is 0 Å². The topological polar surface area (TPSA) is 98.7 Å². The van der Waals surface area contributed by atoms with Gasteiger partial charge in [-0.05, 0) is 20.3 Å². The van der Waals surface area contributed by atoms with Gasteiger partial charge in [-0.3, -0.25) is 13.7 Å². The molecule has 1 heterocycles. The Kier molecular flexibility index (Phi) is 26.0. The summed E-state index contributed by atoms with van der Waals surface area (Å²) in [6.45, 7) is 11.3. The van der Waals surface area contributed by atoms with E-state index in [9.17, 15) is 13.0 Å². The summed E-state index contributed by atoms with van der Waals surface area (Å²) in [6, 6.07) is 0. The molecule has 0 aromatic carbocycles. The molecule has 0 aromatic rings. The van der Waals surface area contributed by atoms with Crippen molar-refractivity contribution in [2.24, 2.45) is 5.73 Å². The first-order valence-electron chi connectivity index (χ1n) is 16.1. The summed E-state index contributed by atoms with van der Waals surface area (Å²) in [5.74, 6) is 1.57. The number of rotatable bonds is 25. The molecule has 0 bridgehead atoms. The number of amidine groups is 1. The molecular formula is C30H63N3O4S. The summed E-state index contributed by atoms with van der Waals surface area (Å²) in [5.41, 5.74) is 5.79. The van der Waals surface area contributed by atoms with Crippen LogP contribution in [0.3, 0.4) is 0 Å². The molecule has 0 saturated heterocycles. The van der Waals surface area contributed by atoms with Crippen molar-refractivity contribution in [2.45, 2.75) is 149 Å². The molecule has 1 rings (SSSR count). The number of nitrogens with zero attached hydrogens (tertiary/aromatic N) is 2. The smallest absolute Gasteiger partial charge is 0.247 e. The van der Waals surface area contributed by atoms with Gasteiger partial charge in [0, 0.05) is 13.0 Å². The quantitative estimate of drug-likeness (QED) is 0.0558. The van der Waals surface area contributed by atoms with Gasteiger partial charge in [0.2, 0.25) is 16.2 Å². The normalized spacial score (nSPS) is 13.8. The number of nitrogens with two attached hydrogens (primary N) is 1. The lowest BCUT2D eigenvalue weighted by molar-refractivity contribution is -0.516. The second kappa shape index (κ2) is 26.5. The highest BCUT2D eigenvalue weighted by Gasteiger charge is 2.27. The van der Waals surface area contributed by atoms with Crippen molar-refractivity contribution < 1.29 is 21.7 Å². The molecule has 2 N–H and O–H groups in total. The average molecular weight is 562 g/mol. The molecule has 0 amide bonds. The summed E-state index contributed by atoms with van der Waals surface area (Å²) >= 11 is 0. The minimum Gasteiger partial charge on any atom is -0.726 e. The molecule has 0 radical (unpaired) electrons. The van der Waals surface area contributed by atoms with Crippen molar-refractivity contribution >= 4 is 16.2 Å². The second-order valence-corrected chi connectivity index (χ2v) is 11.8. The maximum atomic E-state index is 9.45. The van der Waals surface area contributed by atoms with Crippen LogP contribution in [0.15, 0.2) is 0 Å².